The van der Waals surface area contributed by atoms with Crippen molar-refractivity contribution in [1.29, 1.82) is 5.41 Å². The Hall–Kier alpha value is -1.84. The van der Waals surface area contributed by atoms with Crippen LogP contribution in [-0.4, -0.2) is 18.3 Å². The minimum absolute atomic E-state index is 0.0311. The molecule has 1 aliphatic heterocycles. The monoisotopic (exact) mass is 243 g/mol. The highest BCUT2D eigenvalue weighted by molar-refractivity contribution is 6.11. The Labute approximate surface area is 106 Å². The van der Waals surface area contributed by atoms with Crippen LogP contribution in [0.15, 0.2) is 24.3 Å². The van der Waals surface area contributed by atoms with E-state index in [2.05, 4.69) is 5.32 Å². The van der Waals surface area contributed by atoms with Crippen molar-refractivity contribution < 1.29 is 4.79 Å². The van der Waals surface area contributed by atoms with Crippen molar-refractivity contribution >= 4 is 23.1 Å². The van der Waals surface area contributed by atoms with Gasteiger partial charge in [-0.15, -0.1) is 0 Å². The smallest absolute Gasteiger partial charge is 0.244 e. The standard InChI is InChI=1S/C14H17N3O/c15-14(10-5-1-2-6-10)17-9-13(18)16-11-7-3-4-8-12(11)17/h3-4,7-8,10,15H,1-2,5-6,9H2,(H,16,18). The third-order valence-corrected chi connectivity index (χ3v) is 3.80. The number of amides is 1. The van der Waals surface area contributed by atoms with Crippen LogP contribution in [0.4, 0.5) is 11.4 Å². The molecule has 1 saturated carbocycles. The van der Waals surface area contributed by atoms with Gasteiger partial charge in [-0.1, -0.05) is 25.0 Å². The molecule has 0 spiro atoms. The Kier molecular flexibility index (Phi) is 2.78. The number of fused-ring (bicyclic) bond motifs is 1. The molecule has 94 valence electrons. The van der Waals surface area contributed by atoms with Gasteiger partial charge >= 0.3 is 0 Å². The molecule has 4 nitrogen and oxygen atoms in total. The average molecular weight is 243 g/mol. The van der Waals surface area contributed by atoms with Gasteiger partial charge in [-0.2, -0.15) is 0 Å². The van der Waals surface area contributed by atoms with Crippen molar-refractivity contribution in [1.82, 2.24) is 0 Å². The summed E-state index contributed by atoms with van der Waals surface area (Å²) in [5.74, 6) is 0.898. The number of para-hydroxylation sites is 2. The van der Waals surface area contributed by atoms with Crippen molar-refractivity contribution in [2.45, 2.75) is 25.7 Å². The highest BCUT2D eigenvalue weighted by atomic mass is 16.2. The Morgan fingerprint density at radius 1 is 1.28 bits per heavy atom. The lowest BCUT2D eigenvalue weighted by atomic mass is 10.0. The van der Waals surface area contributed by atoms with E-state index in [1.807, 2.05) is 29.2 Å². The number of anilines is 2. The second-order valence-corrected chi connectivity index (χ2v) is 5.02. The number of hydrogen-bond acceptors (Lipinski definition) is 2. The molecule has 1 fully saturated rings. The summed E-state index contributed by atoms with van der Waals surface area (Å²) in [5, 5.41) is 11.2. The lowest BCUT2D eigenvalue weighted by Gasteiger charge is -2.33. The van der Waals surface area contributed by atoms with Crippen LogP contribution in [0.2, 0.25) is 0 Å². The molecule has 0 aromatic heterocycles. The fourth-order valence-corrected chi connectivity index (χ4v) is 2.87. The lowest BCUT2D eigenvalue weighted by molar-refractivity contribution is -0.115. The van der Waals surface area contributed by atoms with E-state index in [0.29, 0.717) is 11.8 Å². The zero-order chi connectivity index (χ0) is 12.5. The van der Waals surface area contributed by atoms with Crippen LogP contribution in [0.1, 0.15) is 25.7 Å². The summed E-state index contributed by atoms with van der Waals surface area (Å²) in [4.78, 5) is 13.6. The Morgan fingerprint density at radius 3 is 2.78 bits per heavy atom. The molecule has 2 N–H and O–H groups in total. The summed E-state index contributed by atoms with van der Waals surface area (Å²) in [6, 6.07) is 7.71. The van der Waals surface area contributed by atoms with Crippen molar-refractivity contribution in [2.75, 3.05) is 16.8 Å². The van der Waals surface area contributed by atoms with Gasteiger partial charge in [0.05, 0.1) is 11.4 Å². The first-order valence-electron chi connectivity index (χ1n) is 6.50. The van der Waals surface area contributed by atoms with Gasteiger partial charge in [0, 0.05) is 5.92 Å². The number of rotatable bonds is 1. The van der Waals surface area contributed by atoms with E-state index < -0.39 is 0 Å². The third kappa shape index (κ3) is 1.88. The zero-order valence-corrected chi connectivity index (χ0v) is 10.3. The molecule has 0 saturated heterocycles. The van der Waals surface area contributed by atoms with E-state index in [1.54, 1.807) is 0 Å². The molecule has 4 heteroatoms. The SMILES string of the molecule is N=C(C1CCCC1)N1CC(=O)Nc2ccccc21. The molecule has 0 radical (unpaired) electrons. The summed E-state index contributed by atoms with van der Waals surface area (Å²) in [7, 11) is 0. The quantitative estimate of drug-likeness (QED) is 0.588. The van der Waals surface area contributed by atoms with Gasteiger partial charge in [0.25, 0.3) is 0 Å². The van der Waals surface area contributed by atoms with Crippen LogP contribution >= 0.6 is 0 Å². The number of amidine groups is 1. The Bertz CT molecular complexity index is 492. The average Bonchev–Trinajstić information content (AvgIpc) is 2.90. The van der Waals surface area contributed by atoms with E-state index in [4.69, 9.17) is 5.41 Å². The summed E-state index contributed by atoms with van der Waals surface area (Å²) in [5.41, 5.74) is 1.77. The van der Waals surface area contributed by atoms with Crippen LogP contribution in [0.5, 0.6) is 0 Å². The first-order valence-corrected chi connectivity index (χ1v) is 6.50. The predicted octanol–water partition coefficient (Wildman–Crippen LogP) is 2.61. The van der Waals surface area contributed by atoms with Gasteiger partial charge in [0.15, 0.2) is 0 Å². The van der Waals surface area contributed by atoms with Crippen LogP contribution in [0.25, 0.3) is 0 Å². The highest BCUT2D eigenvalue weighted by Gasteiger charge is 2.30. The van der Waals surface area contributed by atoms with E-state index in [-0.39, 0.29) is 12.5 Å². The molecule has 1 aromatic rings. The molecule has 1 aromatic carbocycles. The van der Waals surface area contributed by atoms with E-state index in [0.717, 1.165) is 24.2 Å². The summed E-state index contributed by atoms with van der Waals surface area (Å²) < 4.78 is 0. The summed E-state index contributed by atoms with van der Waals surface area (Å²) in [6.45, 7) is 0.270. The number of nitrogens with zero attached hydrogens (tertiary/aromatic N) is 1. The normalized spacial score (nSPS) is 19.6. The molecular weight excluding hydrogens is 226 g/mol. The van der Waals surface area contributed by atoms with Gasteiger partial charge < -0.3 is 10.2 Å². The first-order chi connectivity index (χ1) is 8.75. The number of nitrogens with one attached hydrogen (secondary N) is 2. The largest absolute Gasteiger partial charge is 0.323 e. The van der Waals surface area contributed by atoms with Crippen LogP contribution in [0, 0.1) is 11.3 Å². The number of carbonyl (C=O) groups is 1. The maximum atomic E-state index is 11.7. The zero-order valence-electron chi connectivity index (χ0n) is 10.3. The minimum atomic E-state index is -0.0311. The van der Waals surface area contributed by atoms with Gasteiger partial charge in [-0.05, 0) is 25.0 Å². The fourth-order valence-electron chi connectivity index (χ4n) is 2.87. The van der Waals surface area contributed by atoms with Crippen LogP contribution < -0.4 is 10.2 Å². The molecule has 0 unspecified atom stereocenters. The molecule has 18 heavy (non-hydrogen) atoms. The Balaban J connectivity index is 1.92. The van der Waals surface area contributed by atoms with E-state index in [1.165, 1.54) is 12.8 Å². The topological polar surface area (TPSA) is 56.2 Å². The molecule has 1 aliphatic carbocycles. The number of benzene rings is 1. The van der Waals surface area contributed by atoms with Gasteiger partial charge in [0.1, 0.15) is 12.4 Å². The number of carbonyl (C=O) groups excluding carboxylic acids is 1. The van der Waals surface area contributed by atoms with Crippen molar-refractivity contribution in [3.05, 3.63) is 24.3 Å². The molecule has 3 rings (SSSR count). The molecule has 1 heterocycles. The molecule has 2 aliphatic rings. The first kappa shape index (κ1) is 11.3. The van der Waals surface area contributed by atoms with Gasteiger partial charge in [-0.3, -0.25) is 10.2 Å². The lowest BCUT2D eigenvalue weighted by Crippen LogP contribution is -2.44. The van der Waals surface area contributed by atoms with Crippen molar-refractivity contribution in [3.8, 4) is 0 Å². The molecular formula is C14H17N3O. The van der Waals surface area contributed by atoms with E-state index in [9.17, 15) is 4.79 Å². The molecule has 0 bridgehead atoms. The fraction of sp³-hybridized carbons (Fsp3) is 0.429. The van der Waals surface area contributed by atoms with Crippen LogP contribution in [-0.2, 0) is 4.79 Å². The highest BCUT2D eigenvalue weighted by Crippen LogP contribution is 2.33. The summed E-state index contributed by atoms with van der Waals surface area (Å²) in [6.07, 6.45) is 4.57. The third-order valence-electron chi connectivity index (χ3n) is 3.80. The maximum absolute atomic E-state index is 11.7. The van der Waals surface area contributed by atoms with Gasteiger partial charge in [0.2, 0.25) is 5.91 Å². The second kappa shape index (κ2) is 4.44. The van der Waals surface area contributed by atoms with Crippen molar-refractivity contribution in [2.24, 2.45) is 5.92 Å². The summed E-state index contributed by atoms with van der Waals surface area (Å²) >= 11 is 0. The molecule has 1 amide bonds. The van der Waals surface area contributed by atoms with Gasteiger partial charge in [-0.25, -0.2) is 0 Å². The predicted molar refractivity (Wildman–Crippen MR) is 72.1 cm³/mol. The Morgan fingerprint density at radius 2 is 2.00 bits per heavy atom. The van der Waals surface area contributed by atoms with E-state index >= 15 is 0 Å². The van der Waals surface area contributed by atoms with Crippen LogP contribution in [0.3, 0.4) is 0 Å². The number of hydrogen-bond donors (Lipinski definition) is 2. The second-order valence-electron chi connectivity index (χ2n) is 5.02. The van der Waals surface area contributed by atoms with Crippen molar-refractivity contribution in [3.63, 3.8) is 0 Å². The minimum Gasteiger partial charge on any atom is -0.323 e. The molecule has 0 atom stereocenters. The maximum Gasteiger partial charge on any atom is 0.244 e.